The summed E-state index contributed by atoms with van der Waals surface area (Å²) in [5, 5.41) is 0. The third kappa shape index (κ3) is 2.03. The molecular weight excluding hydrogens is 203 g/mol. The quantitative estimate of drug-likeness (QED) is 0.677. The van der Waals surface area contributed by atoms with E-state index in [2.05, 4.69) is 13.8 Å². The lowest BCUT2D eigenvalue weighted by atomic mass is 9.87. The van der Waals surface area contributed by atoms with E-state index >= 15 is 0 Å². The fraction of sp³-hybridized carbons (Fsp3) is 1.00. The Morgan fingerprint density at radius 1 is 1.38 bits per heavy atom. The van der Waals surface area contributed by atoms with Gasteiger partial charge in [-0.2, -0.15) is 0 Å². The minimum atomic E-state index is -0.337. The summed E-state index contributed by atoms with van der Waals surface area (Å²) in [6.45, 7) is 9.04. The molecule has 1 unspecified atom stereocenters. The van der Waals surface area contributed by atoms with Gasteiger partial charge in [0.2, 0.25) is 0 Å². The minimum Gasteiger partial charge on any atom is -0.374 e. The van der Waals surface area contributed by atoms with Crippen molar-refractivity contribution in [3.8, 4) is 0 Å². The molecule has 0 N–H and O–H groups in total. The smallest absolute Gasteiger partial charge is 0.120 e. The second-order valence-corrected chi connectivity index (χ2v) is 5.63. The molecule has 2 radical (unpaired) electrons. The Hall–Kier alpha value is -0.0551. The van der Waals surface area contributed by atoms with Gasteiger partial charge in [-0.05, 0) is 26.2 Å². The van der Waals surface area contributed by atoms with E-state index < -0.39 is 0 Å². The third-order valence-corrected chi connectivity index (χ3v) is 3.20. The summed E-state index contributed by atoms with van der Waals surface area (Å²) >= 11 is 0. The molecule has 2 rings (SSSR count). The number of hydrogen-bond donors (Lipinski definition) is 0. The van der Waals surface area contributed by atoms with Crippen LogP contribution < -0.4 is 0 Å². The van der Waals surface area contributed by atoms with Gasteiger partial charge in [0.05, 0.1) is 12.7 Å². The highest BCUT2D eigenvalue weighted by molar-refractivity contribution is 6.11. The van der Waals surface area contributed by atoms with E-state index in [0.717, 1.165) is 6.42 Å². The van der Waals surface area contributed by atoms with E-state index in [1.807, 2.05) is 13.8 Å². The summed E-state index contributed by atoms with van der Waals surface area (Å²) < 4.78 is 17.5. The van der Waals surface area contributed by atoms with Crippen molar-refractivity contribution in [2.24, 2.45) is 5.92 Å². The molecule has 2 aliphatic heterocycles. The molecule has 16 heavy (non-hydrogen) atoms. The fourth-order valence-electron chi connectivity index (χ4n) is 2.82. The Morgan fingerprint density at radius 2 is 2.06 bits per heavy atom. The molecule has 2 saturated heterocycles. The van der Waals surface area contributed by atoms with Gasteiger partial charge in [-0.15, -0.1) is 0 Å². The lowest BCUT2D eigenvalue weighted by Crippen LogP contribution is -2.44. The van der Waals surface area contributed by atoms with E-state index in [1.54, 1.807) is 0 Å². The molecule has 0 aromatic heterocycles. The fourth-order valence-corrected chi connectivity index (χ4v) is 2.82. The lowest BCUT2D eigenvalue weighted by Gasteiger charge is -2.33. The first-order valence-corrected chi connectivity index (χ1v) is 6.15. The highest BCUT2D eigenvalue weighted by Crippen LogP contribution is 2.44. The summed E-state index contributed by atoms with van der Waals surface area (Å²) in [5.74, 6) is 0.547. The van der Waals surface area contributed by atoms with Crippen molar-refractivity contribution in [2.45, 2.75) is 64.0 Å². The first kappa shape index (κ1) is 12.4. The molecule has 4 atom stereocenters. The number of rotatable bonds is 4. The monoisotopic (exact) mass is 224 g/mol. The average Bonchev–Trinajstić information content (AvgIpc) is 2.54. The van der Waals surface area contributed by atoms with Crippen molar-refractivity contribution in [2.75, 3.05) is 6.61 Å². The zero-order valence-electron chi connectivity index (χ0n) is 10.6. The van der Waals surface area contributed by atoms with E-state index in [-0.39, 0.29) is 29.9 Å². The maximum absolute atomic E-state index is 5.94. The van der Waals surface area contributed by atoms with Gasteiger partial charge in [-0.3, -0.25) is 0 Å². The molecule has 3 nitrogen and oxygen atoms in total. The van der Waals surface area contributed by atoms with E-state index in [9.17, 15) is 0 Å². The van der Waals surface area contributed by atoms with E-state index in [1.165, 1.54) is 0 Å². The van der Waals surface area contributed by atoms with Gasteiger partial charge < -0.3 is 14.2 Å². The Morgan fingerprint density at radius 3 is 2.56 bits per heavy atom. The summed E-state index contributed by atoms with van der Waals surface area (Å²) in [5.41, 5.74) is -0.317. The highest BCUT2D eigenvalue weighted by atomic mass is 16.7. The second-order valence-electron chi connectivity index (χ2n) is 5.63. The largest absolute Gasteiger partial charge is 0.374 e. The van der Waals surface area contributed by atoms with Crippen LogP contribution in [0.1, 0.15) is 34.1 Å². The zero-order valence-corrected chi connectivity index (χ0v) is 10.6. The van der Waals surface area contributed by atoms with Crippen LogP contribution in [0.4, 0.5) is 0 Å². The van der Waals surface area contributed by atoms with Crippen LogP contribution in [-0.2, 0) is 14.2 Å². The van der Waals surface area contributed by atoms with Crippen LogP contribution in [0.15, 0.2) is 0 Å². The predicted molar refractivity (Wildman–Crippen MR) is 62.6 cm³/mol. The van der Waals surface area contributed by atoms with Crippen LogP contribution in [0.3, 0.4) is 0 Å². The highest BCUT2D eigenvalue weighted by Gasteiger charge is 2.60. The SMILES string of the molecule is [B][C@@H]1O[C@@]2(CC(C)C)CO[C@H]1C2OC(C)C. The van der Waals surface area contributed by atoms with Gasteiger partial charge in [0.15, 0.2) is 0 Å². The van der Waals surface area contributed by atoms with Gasteiger partial charge in [0.1, 0.15) is 25.7 Å². The minimum absolute atomic E-state index is 0.00935. The topological polar surface area (TPSA) is 27.7 Å². The Kier molecular flexibility index (Phi) is 3.35. The molecule has 2 fully saturated rings. The predicted octanol–water partition coefficient (Wildman–Crippen LogP) is 1.49. The second kappa shape index (κ2) is 4.32. The molecule has 90 valence electrons. The summed E-state index contributed by atoms with van der Waals surface area (Å²) in [6, 6.07) is -0.337. The van der Waals surface area contributed by atoms with E-state index in [4.69, 9.17) is 22.1 Å². The van der Waals surface area contributed by atoms with Crippen LogP contribution >= 0.6 is 0 Å². The molecule has 2 bridgehead atoms. The van der Waals surface area contributed by atoms with Gasteiger partial charge in [-0.25, -0.2) is 0 Å². The molecule has 0 aromatic rings. The Bertz CT molecular complexity index is 257. The molecule has 4 heteroatoms. The zero-order chi connectivity index (χ0) is 11.9. The van der Waals surface area contributed by atoms with Gasteiger partial charge in [0, 0.05) is 6.00 Å². The molecule has 0 amide bonds. The van der Waals surface area contributed by atoms with Crippen molar-refractivity contribution in [3.63, 3.8) is 0 Å². The molecule has 2 heterocycles. The van der Waals surface area contributed by atoms with Crippen molar-refractivity contribution < 1.29 is 14.2 Å². The van der Waals surface area contributed by atoms with Gasteiger partial charge in [0.25, 0.3) is 0 Å². The van der Waals surface area contributed by atoms with Crippen LogP contribution in [0.2, 0.25) is 0 Å². The van der Waals surface area contributed by atoms with Crippen molar-refractivity contribution in [1.29, 1.82) is 0 Å². The van der Waals surface area contributed by atoms with Crippen LogP contribution in [-0.4, -0.2) is 44.4 Å². The summed E-state index contributed by atoms with van der Waals surface area (Å²) in [6.07, 6.45) is 1.01. The average molecular weight is 224 g/mol. The van der Waals surface area contributed by atoms with E-state index in [0.29, 0.717) is 12.5 Å². The van der Waals surface area contributed by atoms with Crippen LogP contribution in [0.25, 0.3) is 0 Å². The maximum atomic E-state index is 5.94. The third-order valence-electron chi connectivity index (χ3n) is 3.20. The number of ether oxygens (including phenoxy) is 3. The molecular formula is C12H21BO3. The number of hydrogen-bond acceptors (Lipinski definition) is 3. The van der Waals surface area contributed by atoms with Crippen LogP contribution in [0, 0.1) is 5.92 Å². The molecule has 0 spiro atoms. The Balaban J connectivity index is 2.14. The maximum Gasteiger partial charge on any atom is 0.120 e. The molecule has 0 aromatic carbocycles. The summed E-state index contributed by atoms with van der Waals surface area (Å²) in [4.78, 5) is 0. The summed E-state index contributed by atoms with van der Waals surface area (Å²) in [7, 11) is 5.92. The standard InChI is InChI=1S/C12H21BO3/c1-7(2)5-12-6-14-9(11(13)16-12)10(12)15-8(3)4/h7-11H,5-6H2,1-4H3/t9-,10?,11+,12-/m0/s1. The van der Waals surface area contributed by atoms with Crippen LogP contribution in [0.5, 0.6) is 0 Å². The van der Waals surface area contributed by atoms with Crippen molar-refractivity contribution >= 4 is 7.85 Å². The first-order valence-electron chi connectivity index (χ1n) is 6.15. The molecule has 2 aliphatic rings. The van der Waals surface area contributed by atoms with Gasteiger partial charge >= 0.3 is 0 Å². The van der Waals surface area contributed by atoms with Crippen molar-refractivity contribution in [3.05, 3.63) is 0 Å². The Labute approximate surface area is 99.2 Å². The van der Waals surface area contributed by atoms with Gasteiger partial charge in [-0.1, -0.05) is 13.8 Å². The molecule has 0 saturated carbocycles. The first-order chi connectivity index (χ1) is 7.44. The van der Waals surface area contributed by atoms with Crippen molar-refractivity contribution in [1.82, 2.24) is 0 Å². The number of fused-ring (bicyclic) bond motifs is 2. The normalized spacial score (nSPS) is 42.5. The molecule has 0 aliphatic carbocycles. The lowest BCUT2D eigenvalue weighted by molar-refractivity contribution is -0.132.